The second-order valence-corrected chi connectivity index (χ2v) is 3.74. The molecule has 0 aliphatic rings. The molecule has 0 aromatic carbocycles. The summed E-state index contributed by atoms with van der Waals surface area (Å²) in [4.78, 5) is 22.2. The highest BCUT2D eigenvalue weighted by Gasteiger charge is 2.04. The van der Waals surface area contributed by atoms with E-state index < -0.39 is 0 Å². The molecule has 0 bridgehead atoms. The molecule has 0 heterocycles. The van der Waals surface area contributed by atoms with Crippen LogP contribution in [0.5, 0.6) is 0 Å². The summed E-state index contributed by atoms with van der Waals surface area (Å²) in [5.74, 6) is 0.454. The Bertz CT molecular complexity index is 173. The van der Waals surface area contributed by atoms with Gasteiger partial charge in [0.15, 0.2) is 0 Å². The number of hydrogen-bond donors (Lipinski definition) is 0. The van der Waals surface area contributed by atoms with Crippen molar-refractivity contribution in [1.82, 2.24) is 0 Å². The van der Waals surface area contributed by atoms with Crippen molar-refractivity contribution < 1.29 is 9.59 Å². The Balaban J connectivity index is 3.32. The average Bonchev–Trinajstić information content (AvgIpc) is 2.21. The minimum atomic E-state index is 0.201. The molecule has 0 aromatic heterocycles. The van der Waals surface area contributed by atoms with Crippen LogP contribution in [0.25, 0.3) is 0 Å². The lowest BCUT2D eigenvalue weighted by atomic mass is 10.1. The van der Waals surface area contributed by atoms with Crippen LogP contribution in [0, 0.1) is 0 Å². The molecular weight excluding hydrogens is 176 g/mol. The second-order valence-electron chi connectivity index (χ2n) is 3.74. The van der Waals surface area contributed by atoms with Crippen LogP contribution in [0.2, 0.25) is 0 Å². The number of carbonyl (C=O) groups excluding carboxylic acids is 2. The molecule has 0 N–H and O–H groups in total. The first kappa shape index (κ1) is 13.3. The van der Waals surface area contributed by atoms with Gasteiger partial charge in [0.1, 0.15) is 11.6 Å². The highest BCUT2D eigenvalue weighted by molar-refractivity contribution is 5.85. The van der Waals surface area contributed by atoms with E-state index in [4.69, 9.17) is 0 Å². The van der Waals surface area contributed by atoms with Gasteiger partial charge in [0.2, 0.25) is 0 Å². The lowest BCUT2D eigenvalue weighted by Crippen LogP contribution is -2.02. The van der Waals surface area contributed by atoms with Crippen LogP contribution in [0.3, 0.4) is 0 Å². The third kappa shape index (κ3) is 7.96. The van der Waals surface area contributed by atoms with Gasteiger partial charge in [0, 0.05) is 25.7 Å². The zero-order valence-corrected chi connectivity index (χ0v) is 9.47. The zero-order chi connectivity index (χ0) is 10.8. The van der Waals surface area contributed by atoms with Gasteiger partial charge in [-0.3, -0.25) is 9.59 Å². The molecule has 0 amide bonds. The summed E-state index contributed by atoms with van der Waals surface area (Å²) in [5, 5.41) is 0. The number of carbonyl (C=O) groups is 2. The number of Topliss-reactive ketones (excluding diaryl/α,β-unsaturated/α-hetero) is 2. The van der Waals surface area contributed by atoms with E-state index >= 15 is 0 Å². The SMILES string of the molecule is CCCCCCC(=O)CCC(=O)CC. The molecule has 0 unspecified atom stereocenters. The van der Waals surface area contributed by atoms with Crippen molar-refractivity contribution in [3.8, 4) is 0 Å². The molecule has 0 aliphatic carbocycles. The summed E-state index contributed by atoms with van der Waals surface area (Å²) in [7, 11) is 0. The van der Waals surface area contributed by atoms with Crippen LogP contribution in [0.1, 0.15) is 65.2 Å². The zero-order valence-electron chi connectivity index (χ0n) is 9.47. The smallest absolute Gasteiger partial charge is 0.133 e. The standard InChI is InChI=1S/C12H22O2/c1-3-5-6-7-8-12(14)10-9-11(13)4-2/h3-10H2,1-2H3. The lowest BCUT2D eigenvalue weighted by Gasteiger charge is -1.99. The van der Waals surface area contributed by atoms with Crippen molar-refractivity contribution in [2.45, 2.75) is 65.2 Å². The Morgan fingerprint density at radius 2 is 1.43 bits per heavy atom. The minimum absolute atomic E-state index is 0.201. The van der Waals surface area contributed by atoms with Crippen LogP contribution >= 0.6 is 0 Å². The van der Waals surface area contributed by atoms with Gasteiger partial charge >= 0.3 is 0 Å². The van der Waals surface area contributed by atoms with E-state index in [0.29, 0.717) is 25.7 Å². The number of unbranched alkanes of at least 4 members (excludes halogenated alkanes) is 3. The average molecular weight is 198 g/mol. The summed E-state index contributed by atoms with van der Waals surface area (Å²) in [6.07, 6.45) is 6.67. The van der Waals surface area contributed by atoms with Gasteiger partial charge in [-0.25, -0.2) is 0 Å². The Hall–Kier alpha value is -0.660. The number of ketones is 2. The first-order valence-corrected chi connectivity index (χ1v) is 5.74. The first-order chi connectivity index (χ1) is 6.70. The van der Waals surface area contributed by atoms with Gasteiger partial charge in [0.05, 0.1) is 0 Å². The fourth-order valence-corrected chi connectivity index (χ4v) is 1.33. The minimum Gasteiger partial charge on any atom is -0.300 e. The maximum absolute atomic E-state index is 11.3. The maximum Gasteiger partial charge on any atom is 0.133 e. The van der Waals surface area contributed by atoms with Crippen molar-refractivity contribution in [3.63, 3.8) is 0 Å². The predicted octanol–water partition coefficient (Wildman–Crippen LogP) is 3.29. The van der Waals surface area contributed by atoms with Gasteiger partial charge in [-0.1, -0.05) is 33.1 Å². The maximum atomic E-state index is 11.3. The summed E-state index contributed by atoms with van der Waals surface area (Å²) in [5.41, 5.74) is 0. The van der Waals surface area contributed by atoms with Gasteiger partial charge in [-0.2, -0.15) is 0 Å². The molecule has 0 fully saturated rings. The summed E-state index contributed by atoms with van der Waals surface area (Å²) >= 11 is 0. The largest absolute Gasteiger partial charge is 0.300 e. The van der Waals surface area contributed by atoms with Crippen LogP contribution in [-0.4, -0.2) is 11.6 Å². The Morgan fingerprint density at radius 3 is 2.00 bits per heavy atom. The molecular formula is C12H22O2. The van der Waals surface area contributed by atoms with Gasteiger partial charge in [-0.05, 0) is 6.42 Å². The van der Waals surface area contributed by atoms with Crippen molar-refractivity contribution in [2.24, 2.45) is 0 Å². The molecule has 0 saturated heterocycles. The first-order valence-electron chi connectivity index (χ1n) is 5.74. The summed E-state index contributed by atoms with van der Waals surface area (Å²) < 4.78 is 0. The van der Waals surface area contributed by atoms with E-state index in [2.05, 4.69) is 6.92 Å². The topological polar surface area (TPSA) is 34.1 Å². The number of hydrogen-bond acceptors (Lipinski definition) is 2. The van der Waals surface area contributed by atoms with E-state index in [-0.39, 0.29) is 11.6 Å². The molecule has 0 aromatic rings. The normalized spacial score (nSPS) is 10.1. The molecule has 0 rings (SSSR count). The molecule has 0 atom stereocenters. The molecule has 0 aliphatic heterocycles. The summed E-state index contributed by atoms with van der Waals surface area (Å²) in [6, 6.07) is 0. The Labute approximate surface area is 87.1 Å². The van der Waals surface area contributed by atoms with Crippen LogP contribution < -0.4 is 0 Å². The van der Waals surface area contributed by atoms with E-state index in [1.54, 1.807) is 0 Å². The molecule has 14 heavy (non-hydrogen) atoms. The predicted molar refractivity (Wildman–Crippen MR) is 58.3 cm³/mol. The van der Waals surface area contributed by atoms with Crippen molar-refractivity contribution in [2.75, 3.05) is 0 Å². The molecule has 82 valence electrons. The molecule has 0 saturated carbocycles. The third-order valence-electron chi connectivity index (χ3n) is 2.39. The van der Waals surface area contributed by atoms with E-state index in [1.165, 1.54) is 12.8 Å². The van der Waals surface area contributed by atoms with Crippen molar-refractivity contribution in [3.05, 3.63) is 0 Å². The van der Waals surface area contributed by atoms with Crippen molar-refractivity contribution >= 4 is 11.6 Å². The molecule has 0 spiro atoms. The quantitative estimate of drug-likeness (QED) is 0.533. The van der Waals surface area contributed by atoms with Gasteiger partial charge in [-0.15, -0.1) is 0 Å². The van der Waals surface area contributed by atoms with E-state index in [1.807, 2.05) is 6.92 Å². The Morgan fingerprint density at radius 1 is 0.786 bits per heavy atom. The van der Waals surface area contributed by atoms with E-state index in [0.717, 1.165) is 12.8 Å². The van der Waals surface area contributed by atoms with Crippen LogP contribution in [-0.2, 0) is 9.59 Å². The fourth-order valence-electron chi connectivity index (χ4n) is 1.33. The molecule has 2 heteroatoms. The van der Waals surface area contributed by atoms with Gasteiger partial charge in [0.25, 0.3) is 0 Å². The Kier molecular flexibility index (Phi) is 8.50. The van der Waals surface area contributed by atoms with Crippen LogP contribution in [0.4, 0.5) is 0 Å². The monoisotopic (exact) mass is 198 g/mol. The highest BCUT2D eigenvalue weighted by atomic mass is 16.1. The van der Waals surface area contributed by atoms with Gasteiger partial charge < -0.3 is 0 Å². The molecule has 2 nitrogen and oxygen atoms in total. The van der Waals surface area contributed by atoms with Crippen molar-refractivity contribution in [1.29, 1.82) is 0 Å². The number of rotatable bonds is 9. The second kappa shape index (κ2) is 8.92. The highest BCUT2D eigenvalue weighted by Crippen LogP contribution is 2.06. The summed E-state index contributed by atoms with van der Waals surface area (Å²) in [6.45, 7) is 4.00. The fraction of sp³-hybridized carbons (Fsp3) is 0.833. The lowest BCUT2D eigenvalue weighted by molar-refractivity contribution is -0.124. The molecule has 0 radical (unpaired) electrons. The third-order valence-corrected chi connectivity index (χ3v) is 2.39. The van der Waals surface area contributed by atoms with E-state index in [9.17, 15) is 9.59 Å². The van der Waals surface area contributed by atoms with Crippen LogP contribution in [0.15, 0.2) is 0 Å².